The first-order valence-corrected chi connectivity index (χ1v) is 12.8. The minimum Gasteiger partial charge on any atom is -0.472 e. The Labute approximate surface area is 210 Å². The number of aliphatic hydroxyl groups is 1. The minimum atomic E-state index is -0.704. The molecule has 0 atom stereocenters. The number of nitrogens with one attached hydrogen (secondary N) is 2. The second-order valence-corrected chi connectivity index (χ2v) is 9.45. The van der Waals surface area contributed by atoms with Gasteiger partial charge in [-0.25, -0.2) is 4.79 Å². The van der Waals surface area contributed by atoms with Crippen molar-refractivity contribution < 1.29 is 19.4 Å². The van der Waals surface area contributed by atoms with Crippen LogP contribution in [0.5, 0.6) is 5.88 Å². The molecule has 3 rings (SSSR count). The van der Waals surface area contributed by atoms with E-state index in [1.807, 2.05) is 31.2 Å². The molecule has 1 aliphatic rings. The summed E-state index contributed by atoms with van der Waals surface area (Å²) in [5.74, 6) is -0.583. The van der Waals surface area contributed by atoms with Crippen molar-refractivity contribution in [3.05, 3.63) is 41.0 Å². The Kier molecular flexibility index (Phi) is 10.7. The molecule has 0 spiro atoms. The van der Waals surface area contributed by atoms with E-state index in [1.54, 1.807) is 0 Å². The van der Waals surface area contributed by atoms with E-state index in [4.69, 9.17) is 15.6 Å². The van der Waals surface area contributed by atoms with Crippen molar-refractivity contribution in [1.29, 1.82) is 0 Å². The van der Waals surface area contributed by atoms with Crippen molar-refractivity contribution in [2.75, 3.05) is 57.7 Å². The van der Waals surface area contributed by atoms with E-state index in [9.17, 15) is 9.59 Å². The van der Waals surface area contributed by atoms with Crippen LogP contribution in [0.25, 0.3) is 0 Å². The Bertz CT molecular complexity index is 944. The van der Waals surface area contributed by atoms with Gasteiger partial charge in [-0.1, -0.05) is 36.2 Å². The fraction of sp³-hybridized carbons (Fsp3) is 0.542. The van der Waals surface area contributed by atoms with Crippen LogP contribution in [0.15, 0.2) is 24.3 Å². The third-order valence-corrected chi connectivity index (χ3v) is 6.69. The number of nitrogens with zero attached hydrogens (tertiary/aromatic N) is 3. The lowest BCUT2D eigenvalue weighted by Crippen LogP contribution is -2.47. The van der Waals surface area contributed by atoms with Gasteiger partial charge in [-0.2, -0.15) is 4.37 Å². The molecule has 11 heteroatoms. The second-order valence-electron chi connectivity index (χ2n) is 8.68. The maximum Gasteiger partial charge on any atom is 0.319 e. The molecule has 1 aromatic carbocycles. The minimum absolute atomic E-state index is 0.0800. The Morgan fingerprint density at radius 3 is 2.43 bits per heavy atom. The lowest BCUT2D eigenvalue weighted by atomic mass is 10.2. The van der Waals surface area contributed by atoms with Crippen molar-refractivity contribution in [3.63, 3.8) is 0 Å². The average Bonchev–Trinajstić information content (AvgIpc) is 3.24. The summed E-state index contributed by atoms with van der Waals surface area (Å²) in [7, 11) is 0. The predicted molar refractivity (Wildman–Crippen MR) is 137 cm³/mol. The van der Waals surface area contributed by atoms with Crippen LogP contribution in [0.2, 0.25) is 0 Å². The number of unbranched alkanes of at least 4 members (excludes halogenated alkanes) is 2. The van der Waals surface area contributed by atoms with Gasteiger partial charge >= 0.3 is 6.03 Å². The Morgan fingerprint density at radius 2 is 1.77 bits per heavy atom. The molecule has 0 aliphatic carbocycles. The first-order valence-electron chi connectivity index (χ1n) is 12.0. The number of piperazine rings is 1. The summed E-state index contributed by atoms with van der Waals surface area (Å²) >= 11 is 0.966. The quantitative estimate of drug-likeness (QED) is 0.307. The van der Waals surface area contributed by atoms with Crippen molar-refractivity contribution >= 4 is 28.5 Å². The van der Waals surface area contributed by atoms with Crippen LogP contribution in [0.4, 0.5) is 9.80 Å². The van der Waals surface area contributed by atoms with Crippen molar-refractivity contribution in [2.24, 2.45) is 5.73 Å². The van der Waals surface area contributed by atoms with Gasteiger partial charge in [-0.15, -0.1) is 0 Å². The summed E-state index contributed by atoms with van der Waals surface area (Å²) in [4.78, 5) is 29.0. The van der Waals surface area contributed by atoms with Crippen LogP contribution >= 0.6 is 11.5 Å². The van der Waals surface area contributed by atoms with Gasteiger partial charge in [0.05, 0.1) is 6.61 Å². The van der Waals surface area contributed by atoms with Crippen LogP contribution < -0.4 is 21.1 Å². The highest BCUT2D eigenvalue weighted by Gasteiger charge is 2.22. The molecule has 3 amide bonds. The average molecular weight is 505 g/mol. The largest absolute Gasteiger partial charge is 0.472 e. The molecule has 1 fully saturated rings. The first kappa shape index (κ1) is 26.9. The number of anilines is 1. The van der Waals surface area contributed by atoms with Crippen LogP contribution in [-0.4, -0.2) is 83.6 Å². The number of β-amino-alcohol motifs (C(OH)–C–C–N with tert-alkyl or cyclic N) is 1. The molecular weight excluding hydrogens is 468 g/mol. The van der Waals surface area contributed by atoms with Gasteiger partial charge in [0.2, 0.25) is 5.88 Å². The fourth-order valence-electron chi connectivity index (χ4n) is 3.88. The molecule has 2 heterocycles. The summed E-state index contributed by atoms with van der Waals surface area (Å²) < 4.78 is 9.85. The topological polar surface area (TPSA) is 133 Å². The van der Waals surface area contributed by atoms with Gasteiger partial charge in [0.25, 0.3) is 5.91 Å². The number of aliphatic hydroxyl groups excluding tert-OH is 1. The van der Waals surface area contributed by atoms with Gasteiger partial charge in [-0.05, 0) is 43.4 Å². The summed E-state index contributed by atoms with van der Waals surface area (Å²) in [6.45, 7) is 8.89. The number of hydrogen-bond donors (Lipinski definition) is 4. The van der Waals surface area contributed by atoms with Crippen LogP contribution in [-0.2, 0) is 6.61 Å². The molecule has 5 N–H and O–H groups in total. The number of ether oxygens (including phenoxy) is 1. The normalized spacial score (nSPS) is 14.6. The van der Waals surface area contributed by atoms with Gasteiger partial charge in [0.15, 0.2) is 0 Å². The van der Waals surface area contributed by atoms with Gasteiger partial charge in [-0.3, -0.25) is 15.0 Å². The van der Waals surface area contributed by atoms with Crippen LogP contribution in [0, 0.1) is 6.92 Å². The first-order chi connectivity index (χ1) is 17.0. The van der Waals surface area contributed by atoms with Crippen LogP contribution in [0.3, 0.4) is 0 Å². The molecule has 0 unspecified atom stereocenters. The lowest BCUT2D eigenvalue weighted by molar-refractivity contribution is 0.0996. The number of hydrogen-bond acceptors (Lipinski definition) is 8. The zero-order valence-corrected chi connectivity index (χ0v) is 21.1. The van der Waals surface area contributed by atoms with E-state index in [1.165, 1.54) is 0 Å². The standard InChI is InChI=1S/C24H36N6O4S/c1-18-5-7-19(8-6-18)17-34-22-20(21(25)32)23(35-28-22)27-24(33)26-9-3-2-4-10-29-11-13-30(14-12-29)15-16-31/h5-8,31H,2-4,9-17H2,1H3,(H2,25,32)(H2,26,27,33). The zero-order chi connectivity index (χ0) is 25.0. The summed E-state index contributed by atoms with van der Waals surface area (Å²) in [6.07, 6.45) is 2.96. The van der Waals surface area contributed by atoms with E-state index in [2.05, 4.69) is 24.8 Å². The number of urea groups is 1. The number of rotatable bonds is 13. The highest BCUT2D eigenvalue weighted by Crippen LogP contribution is 2.30. The van der Waals surface area contributed by atoms with E-state index >= 15 is 0 Å². The van der Waals surface area contributed by atoms with Crippen molar-refractivity contribution in [2.45, 2.75) is 32.8 Å². The summed E-state index contributed by atoms with van der Waals surface area (Å²) in [5, 5.41) is 14.8. The summed E-state index contributed by atoms with van der Waals surface area (Å²) in [6, 6.07) is 7.44. The maximum absolute atomic E-state index is 12.3. The number of amides is 3. The summed E-state index contributed by atoms with van der Waals surface area (Å²) in [5.41, 5.74) is 7.69. The molecule has 0 radical (unpaired) electrons. The smallest absolute Gasteiger partial charge is 0.319 e. The monoisotopic (exact) mass is 504 g/mol. The fourth-order valence-corrected chi connectivity index (χ4v) is 4.61. The van der Waals surface area contributed by atoms with Gasteiger partial charge < -0.3 is 25.8 Å². The second kappa shape index (κ2) is 14.0. The van der Waals surface area contributed by atoms with E-state index in [-0.39, 0.29) is 29.7 Å². The highest BCUT2D eigenvalue weighted by molar-refractivity contribution is 7.11. The molecular formula is C24H36N6O4S. The Morgan fingerprint density at radius 1 is 1.09 bits per heavy atom. The number of benzene rings is 1. The molecule has 0 bridgehead atoms. The van der Waals surface area contributed by atoms with Crippen molar-refractivity contribution in [3.8, 4) is 5.88 Å². The number of aryl methyl sites for hydroxylation is 1. The number of aromatic nitrogens is 1. The van der Waals surface area contributed by atoms with E-state index in [0.29, 0.717) is 6.54 Å². The molecule has 2 aromatic rings. The molecule has 192 valence electrons. The van der Waals surface area contributed by atoms with Gasteiger partial charge in [0.1, 0.15) is 17.2 Å². The maximum atomic E-state index is 12.3. The molecule has 1 saturated heterocycles. The van der Waals surface area contributed by atoms with E-state index < -0.39 is 11.9 Å². The number of carbonyl (C=O) groups excluding carboxylic acids is 2. The highest BCUT2D eigenvalue weighted by atomic mass is 32.1. The van der Waals surface area contributed by atoms with E-state index in [0.717, 1.165) is 81.2 Å². The number of carbonyl (C=O) groups is 2. The number of nitrogens with two attached hydrogens (primary N) is 1. The molecule has 1 aliphatic heterocycles. The number of primary amides is 1. The van der Waals surface area contributed by atoms with Crippen molar-refractivity contribution in [1.82, 2.24) is 19.5 Å². The molecule has 10 nitrogen and oxygen atoms in total. The molecule has 35 heavy (non-hydrogen) atoms. The SMILES string of the molecule is Cc1ccc(COc2nsc(NC(=O)NCCCCCN3CCN(CCO)CC3)c2C(N)=O)cc1. The van der Waals surface area contributed by atoms with Crippen LogP contribution in [0.1, 0.15) is 40.7 Å². The lowest BCUT2D eigenvalue weighted by Gasteiger charge is -2.34. The third kappa shape index (κ3) is 8.77. The third-order valence-electron chi connectivity index (χ3n) is 5.95. The van der Waals surface area contributed by atoms with Gasteiger partial charge in [0, 0.05) is 39.3 Å². The molecule has 0 saturated carbocycles. The zero-order valence-electron chi connectivity index (χ0n) is 20.3. The predicted octanol–water partition coefficient (Wildman–Crippen LogP) is 2.03. The Balaban J connectivity index is 1.35. The molecule has 1 aromatic heterocycles. The Hall–Kier alpha value is -2.73.